The minimum absolute atomic E-state index is 0.170. The lowest BCUT2D eigenvalue weighted by Crippen LogP contribution is -2.47. The first kappa shape index (κ1) is 16.8. The third-order valence-electron chi connectivity index (χ3n) is 3.69. The zero-order valence-corrected chi connectivity index (χ0v) is 14.3. The van der Waals surface area contributed by atoms with Crippen molar-refractivity contribution in [2.75, 3.05) is 0 Å². The first-order chi connectivity index (χ1) is 10.3. The molecule has 0 aliphatic carbocycles. The van der Waals surface area contributed by atoms with Crippen molar-refractivity contribution in [1.29, 1.82) is 0 Å². The van der Waals surface area contributed by atoms with Crippen LogP contribution in [0, 0.1) is 5.92 Å². The highest BCUT2D eigenvalue weighted by molar-refractivity contribution is 8.26. The van der Waals surface area contributed by atoms with Crippen LogP contribution in [0.25, 0.3) is 6.08 Å². The summed E-state index contributed by atoms with van der Waals surface area (Å²) in [5.74, 6) is -1.52. The predicted molar refractivity (Wildman–Crippen MR) is 91.3 cm³/mol. The summed E-state index contributed by atoms with van der Waals surface area (Å²) in [6, 6.07) is 0.967. The highest BCUT2D eigenvalue weighted by atomic mass is 32.2. The number of thiocarbonyl (C=S) groups is 1. The molecule has 1 aromatic rings. The van der Waals surface area contributed by atoms with Gasteiger partial charge in [0.15, 0.2) is 0 Å². The van der Waals surface area contributed by atoms with Crippen molar-refractivity contribution in [3.8, 4) is 0 Å². The molecule has 1 aromatic heterocycles. The maximum Gasteiger partial charge on any atom is 0.327 e. The fourth-order valence-corrected chi connectivity index (χ4v) is 3.64. The van der Waals surface area contributed by atoms with Crippen LogP contribution in [0.2, 0.25) is 0 Å². The van der Waals surface area contributed by atoms with Gasteiger partial charge in [-0.25, -0.2) is 4.79 Å². The Kier molecular flexibility index (Phi) is 5.08. The molecule has 0 radical (unpaired) electrons. The number of carbonyl (C=O) groups is 2. The molecule has 1 fully saturated rings. The second kappa shape index (κ2) is 6.66. The molecule has 2 heterocycles. The average Bonchev–Trinajstić information content (AvgIpc) is 2.97. The zero-order chi connectivity index (χ0) is 16.4. The van der Waals surface area contributed by atoms with Gasteiger partial charge in [0.2, 0.25) is 0 Å². The lowest BCUT2D eigenvalue weighted by molar-refractivity contribution is -0.147. The van der Waals surface area contributed by atoms with Gasteiger partial charge in [0.05, 0.1) is 4.91 Å². The molecule has 2 rings (SSSR count). The Morgan fingerprint density at radius 2 is 2.23 bits per heavy atom. The Labute approximate surface area is 139 Å². The molecule has 22 heavy (non-hydrogen) atoms. The number of rotatable bonds is 5. The zero-order valence-electron chi connectivity index (χ0n) is 12.6. The van der Waals surface area contributed by atoms with Crippen LogP contribution < -0.4 is 0 Å². The third-order valence-corrected chi connectivity index (χ3v) is 5.02. The van der Waals surface area contributed by atoms with Crippen LogP contribution in [0.4, 0.5) is 0 Å². The fraction of sp³-hybridized carbons (Fsp3) is 0.400. The van der Waals surface area contributed by atoms with Crippen molar-refractivity contribution in [2.24, 2.45) is 13.0 Å². The van der Waals surface area contributed by atoms with E-state index < -0.39 is 12.0 Å². The number of carboxylic acid groups (broad SMARTS) is 1. The maximum absolute atomic E-state index is 12.6. The van der Waals surface area contributed by atoms with E-state index in [1.54, 1.807) is 6.08 Å². The van der Waals surface area contributed by atoms with E-state index in [2.05, 4.69) is 0 Å². The van der Waals surface area contributed by atoms with Gasteiger partial charge in [-0.05, 0) is 23.6 Å². The fourth-order valence-electron chi connectivity index (χ4n) is 2.31. The lowest BCUT2D eigenvalue weighted by Gasteiger charge is -2.27. The van der Waals surface area contributed by atoms with Crippen LogP contribution in [0.15, 0.2) is 23.4 Å². The van der Waals surface area contributed by atoms with Gasteiger partial charge >= 0.3 is 5.97 Å². The molecule has 0 bridgehead atoms. The Morgan fingerprint density at radius 3 is 2.73 bits per heavy atom. The number of nitrogens with zero attached hydrogens (tertiary/aromatic N) is 2. The van der Waals surface area contributed by atoms with Gasteiger partial charge in [0.25, 0.3) is 5.91 Å². The summed E-state index contributed by atoms with van der Waals surface area (Å²) in [5, 5.41) is 9.46. The lowest BCUT2D eigenvalue weighted by atomic mass is 9.98. The van der Waals surface area contributed by atoms with Crippen LogP contribution in [0.5, 0.6) is 0 Å². The highest BCUT2D eigenvalue weighted by Crippen LogP contribution is 2.35. The average molecular weight is 338 g/mol. The van der Waals surface area contributed by atoms with E-state index in [-0.39, 0.29) is 11.8 Å². The van der Waals surface area contributed by atoms with Gasteiger partial charge in [-0.3, -0.25) is 9.69 Å². The first-order valence-corrected chi connectivity index (χ1v) is 8.19. The number of aliphatic carboxylic acids is 1. The van der Waals surface area contributed by atoms with Gasteiger partial charge < -0.3 is 9.67 Å². The van der Waals surface area contributed by atoms with Crippen LogP contribution >= 0.6 is 24.0 Å². The molecule has 7 heteroatoms. The van der Waals surface area contributed by atoms with Gasteiger partial charge in [-0.15, -0.1) is 0 Å². The Morgan fingerprint density at radius 1 is 1.55 bits per heavy atom. The van der Waals surface area contributed by atoms with E-state index in [1.807, 2.05) is 43.9 Å². The van der Waals surface area contributed by atoms with Gasteiger partial charge in [0.1, 0.15) is 10.4 Å². The molecule has 2 atom stereocenters. The standard InChI is InChI=1S/C15H18N2O3S2/c1-4-9(2)12(14(19)20)17-13(18)11(22-15(17)21)7-10-5-6-16(3)8-10/h5-9,12H,4H2,1-3H3,(H,19,20)/b11-7+. The number of thioether (sulfide) groups is 1. The molecule has 0 aromatic carbocycles. The van der Waals surface area contributed by atoms with E-state index in [9.17, 15) is 14.7 Å². The second-order valence-corrected chi connectivity index (χ2v) is 7.01. The predicted octanol–water partition coefficient (Wildman–Crippen LogP) is 2.73. The van der Waals surface area contributed by atoms with Gasteiger partial charge in [-0.1, -0.05) is 44.2 Å². The Bertz CT molecular complexity index is 651. The van der Waals surface area contributed by atoms with Crippen molar-refractivity contribution in [3.63, 3.8) is 0 Å². The van der Waals surface area contributed by atoms with Crippen molar-refractivity contribution < 1.29 is 14.7 Å². The topological polar surface area (TPSA) is 62.5 Å². The van der Waals surface area contributed by atoms with Crippen LogP contribution in [0.3, 0.4) is 0 Å². The summed E-state index contributed by atoms with van der Waals surface area (Å²) < 4.78 is 2.19. The molecule has 5 nitrogen and oxygen atoms in total. The molecule has 1 aliphatic rings. The number of hydrogen-bond donors (Lipinski definition) is 1. The van der Waals surface area contributed by atoms with Gasteiger partial charge in [0, 0.05) is 19.4 Å². The van der Waals surface area contributed by atoms with Crippen molar-refractivity contribution in [1.82, 2.24) is 9.47 Å². The van der Waals surface area contributed by atoms with Crippen molar-refractivity contribution in [3.05, 3.63) is 28.9 Å². The van der Waals surface area contributed by atoms with Crippen LogP contribution in [-0.2, 0) is 16.6 Å². The number of hydrogen-bond acceptors (Lipinski definition) is 4. The highest BCUT2D eigenvalue weighted by Gasteiger charge is 2.42. The number of aryl methyl sites for hydroxylation is 1. The van der Waals surface area contributed by atoms with E-state index in [0.717, 1.165) is 17.3 Å². The summed E-state index contributed by atoms with van der Waals surface area (Å²) >= 11 is 6.39. The van der Waals surface area contributed by atoms with Crippen LogP contribution in [0.1, 0.15) is 25.8 Å². The number of carbonyl (C=O) groups excluding carboxylic acids is 1. The molecule has 0 spiro atoms. The minimum atomic E-state index is -1.02. The molecule has 1 aliphatic heterocycles. The molecule has 1 N–H and O–H groups in total. The molecular weight excluding hydrogens is 320 g/mol. The van der Waals surface area contributed by atoms with E-state index >= 15 is 0 Å². The first-order valence-electron chi connectivity index (χ1n) is 6.97. The largest absolute Gasteiger partial charge is 0.480 e. The minimum Gasteiger partial charge on any atom is -0.480 e. The molecule has 118 valence electrons. The van der Waals surface area contributed by atoms with Crippen molar-refractivity contribution in [2.45, 2.75) is 26.3 Å². The summed E-state index contributed by atoms with van der Waals surface area (Å²) in [5.41, 5.74) is 0.887. The van der Waals surface area contributed by atoms with E-state index in [4.69, 9.17) is 12.2 Å². The molecule has 2 unspecified atom stereocenters. The van der Waals surface area contributed by atoms with Crippen LogP contribution in [-0.4, -0.2) is 36.8 Å². The third kappa shape index (κ3) is 3.25. The summed E-state index contributed by atoms with van der Waals surface area (Å²) in [6.45, 7) is 3.72. The molecule has 0 saturated carbocycles. The summed E-state index contributed by atoms with van der Waals surface area (Å²) in [4.78, 5) is 25.8. The molecule has 1 saturated heterocycles. The SMILES string of the molecule is CCC(C)C(C(=O)O)N1C(=O)/C(=C\c2ccn(C)c2)SC1=S. The molecule has 1 amide bonds. The summed E-state index contributed by atoms with van der Waals surface area (Å²) in [7, 11) is 1.89. The Hall–Kier alpha value is -1.60. The molecular formula is C15H18N2O3S2. The number of aromatic nitrogens is 1. The maximum atomic E-state index is 12.6. The van der Waals surface area contributed by atoms with Gasteiger partial charge in [-0.2, -0.15) is 0 Å². The van der Waals surface area contributed by atoms with E-state index in [0.29, 0.717) is 15.6 Å². The second-order valence-electron chi connectivity index (χ2n) is 5.33. The smallest absolute Gasteiger partial charge is 0.327 e. The number of amides is 1. The van der Waals surface area contributed by atoms with Crippen molar-refractivity contribution >= 4 is 46.3 Å². The van der Waals surface area contributed by atoms with E-state index in [1.165, 1.54) is 4.90 Å². The monoisotopic (exact) mass is 338 g/mol. The quantitative estimate of drug-likeness (QED) is 0.661. The Balaban J connectivity index is 2.32. The summed E-state index contributed by atoms with van der Waals surface area (Å²) in [6.07, 6.45) is 6.17. The normalized spacial score (nSPS) is 19.8. The number of carboxylic acids is 1.